The molecule has 74 valence electrons. The Hall–Kier alpha value is -1.20. The molecule has 2 rings (SSSR count). The number of rotatable bonds is 3. The quantitative estimate of drug-likeness (QED) is 0.832. The summed E-state index contributed by atoms with van der Waals surface area (Å²) in [6.07, 6.45) is 2.77. The molecule has 0 aliphatic carbocycles. The van der Waals surface area contributed by atoms with Crippen LogP contribution in [0.2, 0.25) is 0 Å². The molecule has 0 aliphatic heterocycles. The van der Waals surface area contributed by atoms with Crippen molar-refractivity contribution in [3.05, 3.63) is 34.5 Å². The van der Waals surface area contributed by atoms with E-state index in [2.05, 4.69) is 10.1 Å². The molecule has 0 amide bonds. The number of aryl methyl sites for hydroxylation is 1. The van der Waals surface area contributed by atoms with E-state index in [1.807, 2.05) is 13.0 Å². The fraction of sp³-hybridized carbons (Fsp3) is 0.333. The van der Waals surface area contributed by atoms with Crippen molar-refractivity contribution in [2.24, 2.45) is 0 Å². The van der Waals surface area contributed by atoms with Gasteiger partial charge in [0.05, 0.1) is 16.1 Å². The molecule has 5 heteroatoms. The van der Waals surface area contributed by atoms with E-state index in [0.29, 0.717) is 0 Å². The molecule has 2 heterocycles. The molecular formula is C9H11N3OS. The third-order valence-electron chi connectivity index (χ3n) is 2.05. The number of hydrogen-bond donors (Lipinski definition) is 1. The highest BCUT2D eigenvalue weighted by atomic mass is 32.1. The lowest BCUT2D eigenvalue weighted by Crippen LogP contribution is -2.07. The molecule has 0 spiro atoms. The van der Waals surface area contributed by atoms with Gasteiger partial charge in [-0.15, -0.1) is 11.3 Å². The predicted molar refractivity (Wildman–Crippen MR) is 54.1 cm³/mol. The van der Waals surface area contributed by atoms with Crippen LogP contribution in [-0.4, -0.2) is 19.9 Å². The number of aliphatic hydroxyl groups is 1. The summed E-state index contributed by atoms with van der Waals surface area (Å²) in [4.78, 5) is 4.78. The number of nitrogens with zero attached hydrogens (tertiary/aromatic N) is 3. The maximum absolute atomic E-state index is 9.99. The van der Waals surface area contributed by atoms with Gasteiger partial charge in [-0.05, 0) is 13.0 Å². The van der Waals surface area contributed by atoms with Crippen LogP contribution in [0, 0.1) is 0 Å². The first kappa shape index (κ1) is 9.36. The summed E-state index contributed by atoms with van der Waals surface area (Å²) in [5.74, 6) is 0. The molecule has 0 radical (unpaired) electrons. The molecule has 4 nitrogen and oxygen atoms in total. The van der Waals surface area contributed by atoms with Gasteiger partial charge in [0.1, 0.15) is 6.10 Å². The van der Waals surface area contributed by atoms with Gasteiger partial charge in [-0.2, -0.15) is 5.10 Å². The van der Waals surface area contributed by atoms with E-state index < -0.39 is 6.10 Å². The second-order valence-electron chi connectivity index (χ2n) is 2.88. The Morgan fingerprint density at radius 1 is 1.64 bits per heavy atom. The van der Waals surface area contributed by atoms with Gasteiger partial charge in [0.15, 0.2) is 0 Å². The van der Waals surface area contributed by atoms with E-state index in [0.717, 1.165) is 17.1 Å². The number of aromatic nitrogens is 3. The molecule has 0 saturated carbocycles. The Balaban J connectivity index is 2.31. The molecule has 0 saturated heterocycles. The van der Waals surface area contributed by atoms with Crippen LogP contribution in [0.3, 0.4) is 0 Å². The predicted octanol–water partition coefficient (Wildman–Crippen LogP) is 1.44. The van der Waals surface area contributed by atoms with Crippen molar-refractivity contribution in [1.82, 2.24) is 14.8 Å². The van der Waals surface area contributed by atoms with Crippen molar-refractivity contribution in [3.63, 3.8) is 0 Å². The standard InChI is InChI=1S/C9H11N3OS/c1-2-12-7(3-4-11-12)9(13)8-5-10-6-14-8/h3-6,9,13H,2H2,1H3. The van der Waals surface area contributed by atoms with Crippen LogP contribution in [0.5, 0.6) is 0 Å². The highest BCUT2D eigenvalue weighted by molar-refractivity contribution is 7.09. The average Bonchev–Trinajstić information content (AvgIpc) is 2.87. The van der Waals surface area contributed by atoms with Crippen molar-refractivity contribution < 1.29 is 5.11 Å². The number of thiazole rings is 1. The van der Waals surface area contributed by atoms with Crippen LogP contribution in [0.4, 0.5) is 0 Å². The molecule has 1 N–H and O–H groups in total. The fourth-order valence-corrected chi connectivity index (χ4v) is 1.96. The van der Waals surface area contributed by atoms with Gasteiger partial charge in [-0.3, -0.25) is 9.67 Å². The van der Waals surface area contributed by atoms with Gasteiger partial charge in [-0.25, -0.2) is 0 Å². The van der Waals surface area contributed by atoms with E-state index in [4.69, 9.17) is 0 Å². The lowest BCUT2D eigenvalue weighted by Gasteiger charge is -2.09. The van der Waals surface area contributed by atoms with Gasteiger partial charge in [-0.1, -0.05) is 0 Å². The Morgan fingerprint density at radius 2 is 2.50 bits per heavy atom. The Labute approximate surface area is 85.8 Å². The van der Waals surface area contributed by atoms with Crippen molar-refractivity contribution in [1.29, 1.82) is 0 Å². The van der Waals surface area contributed by atoms with Crippen molar-refractivity contribution in [2.75, 3.05) is 0 Å². The summed E-state index contributed by atoms with van der Waals surface area (Å²) < 4.78 is 1.78. The van der Waals surface area contributed by atoms with Crippen LogP contribution in [-0.2, 0) is 6.54 Å². The minimum atomic E-state index is -0.607. The zero-order chi connectivity index (χ0) is 9.97. The molecule has 1 unspecified atom stereocenters. The molecule has 14 heavy (non-hydrogen) atoms. The highest BCUT2D eigenvalue weighted by Crippen LogP contribution is 2.24. The summed E-state index contributed by atoms with van der Waals surface area (Å²) in [7, 11) is 0. The number of hydrogen-bond acceptors (Lipinski definition) is 4. The summed E-state index contributed by atoms with van der Waals surface area (Å²) in [5, 5.41) is 14.1. The van der Waals surface area contributed by atoms with E-state index in [1.54, 1.807) is 22.6 Å². The third kappa shape index (κ3) is 1.56. The summed E-state index contributed by atoms with van der Waals surface area (Å²) in [6.45, 7) is 2.76. The first-order valence-electron chi connectivity index (χ1n) is 4.41. The van der Waals surface area contributed by atoms with Crippen LogP contribution in [0.15, 0.2) is 24.0 Å². The lowest BCUT2D eigenvalue weighted by atomic mass is 10.2. The Bertz CT molecular complexity index is 396. The molecule has 0 aromatic carbocycles. The van der Waals surface area contributed by atoms with E-state index in [1.165, 1.54) is 11.3 Å². The van der Waals surface area contributed by atoms with Crippen LogP contribution in [0.1, 0.15) is 23.6 Å². The van der Waals surface area contributed by atoms with Crippen molar-refractivity contribution in [2.45, 2.75) is 19.6 Å². The van der Waals surface area contributed by atoms with Gasteiger partial charge in [0.25, 0.3) is 0 Å². The molecule has 0 aliphatic rings. The lowest BCUT2D eigenvalue weighted by molar-refractivity contribution is 0.211. The van der Waals surface area contributed by atoms with Gasteiger partial charge in [0, 0.05) is 18.9 Å². The Kier molecular flexibility index (Phi) is 2.60. The monoisotopic (exact) mass is 209 g/mol. The van der Waals surface area contributed by atoms with Crippen LogP contribution >= 0.6 is 11.3 Å². The summed E-state index contributed by atoms with van der Waals surface area (Å²) >= 11 is 1.45. The Morgan fingerprint density at radius 3 is 3.14 bits per heavy atom. The molecule has 0 bridgehead atoms. The SMILES string of the molecule is CCn1nccc1C(O)c1cncs1. The van der Waals surface area contributed by atoms with E-state index in [-0.39, 0.29) is 0 Å². The fourth-order valence-electron chi connectivity index (χ4n) is 1.35. The largest absolute Gasteiger partial charge is 0.381 e. The number of aliphatic hydroxyl groups excluding tert-OH is 1. The molecule has 0 fully saturated rings. The second-order valence-corrected chi connectivity index (χ2v) is 3.80. The minimum Gasteiger partial charge on any atom is -0.381 e. The first-order chi connectivity index (χ1) is 6.83. The van der Waals surface area contributed by atoms with Crippen LogP contribution in [0.25, 0.3) is 0 Å². The van der Waals surface area contributed by atoms with Gasteiger partial charge in [0.2, 0.25) is 0 Å². The summed E-state index contributed by atoms with van der Waals surface area (Å²) in [5.41, 5.74) is 2.53. The van der Waals surface area contributed by atoms with Crippen molar-refractivity contribution in [3.8, 4) is 0 Å². The molecule has 2 aromatic rings. The minimum absolute atomic E-state index is 0.607. The van der Waals surface area contributed by atoms with Gasteiger partial charge >= 0.3 is 0 Å². The molecule has 1 atom stereocenters. The van der Waals surface area contributed by atoms with Gasteiger partial charge < -0.3 is 5.11 Å². The maximum atomic E-state index is 9.99. The highest BCUT2D eigenvalue weighted by Gasteiger charge is 2.15. The van der Waals surface area contributed by atoms with E-state index in [9.17, 15) is 5.11 Å². The zero-order valence-corrected chi connectivity index (χ0v) is 8.61. The average molecular weight is 209 g/mol. The summed E-state index contributed by atoms with van der Waals surface area (Å²) in [6, 6.07) is 1.83. The normalized spacial score (nSPS) is 13.0. The van der Waals surface area contributed by atoms with Crippen LogP contribution < -0.4 is 0 Å². The smallest absolute Gasteiger partial charge is 0.131 e. The third-order valence-corrected chi connectivity index (χ3v) is 2.88. The topological polar surface area (TPSA) is 50.9 Å². The molecular weight excluding hydrogens is 198 g/mol. The first-order valence-corrected chi connectivity index (χ1v) is 5.29. The zero-order valence-electron chi connectivity index (χ0n) is 7.79. The van der Waals surface area contributed by atoms with E-state index >= 15 is 0 Å². The maximum Gasteiger partial charge on any atom is 0.131 e. The molecule has 2 aromatic heterocycles. The van der Waals surface area contributed by atoms with Crippen molar-refractivity contribution >= 4 is 11.3 Å². The second kappa shape index (κ2) is 3.89.